The highest BCUT2D eigenvalue weighted by Crippen LogP contribution is 2.36. The average molecular weight is 415 g/mol. The molecular formula is C26H26N2O3. The number of benzene rings is 3. The maximum absolute atomic E-state index is 13.1. The molecule has 0 saturated heterocycles. The van der Waals surface area contributed by atoms with Crippen molar-refractivity contribution in [2.75, 3.05) is 6.61 Å². The molecular weight excluding hydrogens is 388 g/mol. The topological polar surface area (TPSA) is 81.4 Å². The van der Waals surface area contributed by atoms with Crippen LogP contribution in [-0.4, -0.2) is 24.5 Å². The van der Waals surface area contributed by atoms with Gasteiger partial charge < -0.3 is 15.8 Å². The molecule has 5 heteroatoms. The summed E-state index contributed by atoms with van der Waals surface area (Å²) in [7, 11) is 0. The Morgan fingerprint density at radius 3 is 1.68 bits per heavy atom. The van der Waals surface area contributed by atoms with Crippen LogP contribution in [0, 0.1) is 0 Å². The van der Waals surface area contributed by atoms with Crippen LogP contribution in [0.4, 0.5) is 0 Å². The monoisotopic (exact) mass is 414 g/mol. The average Bonchev–Trinajstić information content (AvgIpc) is 2.82. The molecule has 0 aliphatic rings. The van der Waals surface area contributed by atoms with Gasteiger partial charge in [-0.25, -0.2) is 0 Å². The van der Waals surface area contributed by atoms with Gasteiger partial charge >= 0.3 is 5.97 Å². The van der Waals surface area contributed by atoms with Crippen molar-refractivity contribution < 1.29 is 14.3 Å². The van der Waals surface area contributed by atoms with Crippen molar-refractivity contribution in [2.45, 2.75) is 18.0 Å². The largest absolute Gasteiger partial charge is 0.460 e. The van der Waals surface area contributed by atoms with Crippen LogP contribution >= 0.6 is 0 Å². The summed E-state index contributed by atoms with van der Waals surface area (Å²) in [4.78, 5) is 25.2. The van der Waals surface area contributed by atoms with Gasteiger partial charge in [0.15, 0.2) is 0 Å². The first-order chi connectivity index (χ1) is 15.1. The van der Waals surface area contributed by atoms with Gasteiger partial charge in [0.2, 0.25) is 5.91 Å². The molecule has 1 atom stereocenters. The van der Waals surface area contributed by atoms with Crippen molar-refractivity contribution in [1.82, 2.24) is 5.32 Å². The quantitative estimate of drug-likeness (QED) is 0.319. The van der Waals surface area contributed by atoms with E-state index in [4.69, 9.17) is 10.5 Å². The summed E-state index contributed by atoms with van der Waals surface area (Å²) >= 11 is 0. The van der Waals surface area contributed by atoms with Gasteiger partial charge in [-0.3, -0.25) is 9.59 Å². The highest BCUT2D eigenvalue weighted by Gasteiger charge is 2.38. The van der Waals surface area contributed by atoms with Crippen molar-refractivity contribution in [1.29, 1.82) is 0 Å². The third kappa shape index (κ3) is 5.08. The Morgan fingerprint density at radius 2 is 1.29 bits per heavy atom. The van der Waals surface area contributed by atoms with Crippen LogP contribution in [-0.2, 0) is 19.9 Å². The van der Waals surface area contributed by atoms with Crippen molar-refractivity contribution in [3.63, 3.8) is 0 Å². The first-order valence-corrected chi connectivity index (χ1v) is 10.1. The molecule has 0 heterocycles. The molecule has 31 heavy (non-hydrogen) atoms. The lowest BCUT2D eigenvalue weighted by Gasteiger charge is -2.37. The standard InChI is InChI=1S/C26H26N2O3/c1-2-18-31-25(30)23(27)19-24(29)28-26(20-12-6-3-7-13-20,21-14-8-4-9-15-21)22-16-10-5-11-17-22/h2-17,23H,1,18-19,27H2,(H,28,29). The number of esters is 1. The van der Waals surface area contributed by atoms with Crippen molar-refractivity contribution >= 4 is 11.9 Å². The Balaban J connectivity index is 2.03. The van der Waals surface area contributed by atoms with E-state index in [-0.39, 0.29) is 18.9 Å². The second kappa shape index (κ2) is 10.4. The molecule has 1 unspecified atom stereocenters. The van der Waals surface area contributed by atoms with E-state index >= 15 is 0 Å². The maximum atomic E-state index is 13.1. The Morgan fingerprint density at radius 1 is 0.871 bits per heavy atom. The molecule has 0 aliphatic heterocycles. The second-order valence-electron chi connectivity index (χ2n) is 7.13. The number of rotatable bonds is 9. The molecule has 1 amide bonds. The van der Waals surface area contributed by atoms with Gasteiger partial charge in [-0.1, -0.05) is 104 Å². The molecule has 0 saturated carbocycles. The Hall–Kier alpha value is -3.70. The fraction of sp³-hybridized carbons (Fsp3) is 0.154. The molecule has 0 aliphatic carbocycles. The van der Waals surface area contributed by atoms with E-state index in [0.29, 0.717) is 0 Å². The van der Waals surface area contributed by atoms with E-state index in [1.807, 2.05) is 91.0 Å². The van der Waals surface area contributed by atoms with Crippen LogP contribution < -0.4 is 11.1 Å². The smallest absolute Gasteiger partial charge is 0.323 e. The molecule has 3 rings (SSSR count). The predicted octanol–water partition coefficient (Wildman–Crippen LogP) is 3.54. The van der Waals surface area contributed by atoms with E-state index in [0.717, 1.165) is 16.7 Å². The first kappa shape index (κ1) is 22.0. The number of hydrogen-bond acceptors (Lipinski definition) is 4. The summed E-state index contributed by atoms with van der Waals surface area (Å²) in [5.41, 5.74) is 7.65. The summed E-state index contributed by atoms with van der Waals surface area (Å²) in [5, 5.41) is 3.17. The van der Waals surface area contributed by atoms with Gasteiger partial charge in [-0.2, -0.15) is 0 Å². The van der Waals surface area contributed by atoms with Gasteiger partial charge in [-0.15, -0.1) is 0 Å². The molecule has 0 spiro atoms. The number of amides is 1. The SMILES string of the molecule is C=CCOC(=O)C(N)CC(=O)NC(c1ccccc1)(c1ccccc1)c1ccccc1. The number of nitrogens with two attached hydrogens (primary N) is 1. The minimum absolute atomic E-state index is 0.0517. The third-order valence-electron chi connectivity index (χ3n) is 5.00. The fourth-order valence-electron chi connectivity index (χ4n) is 3.57. The van der Waals surface area contributed by atoms with Crippen molar-refractivity contribution in [3.8, 4) is 0 Å². The number of carbonyl (C=O) groups is 2. The Labute approximate surface area is 182 Å². The van der Waals surface area contributed by atoms with Gasteiger partial charge in [0, 0.05) is 0 Å². The Bertz CT molecular complexity index is 908. The van der Waals surface area contributed by atoms with Crippen LogP contribution in [0.2, 0.25) is 0 Å². The number of nitrogens with one attached hydrogen (secondary N) is 1. The number of carbonyl (C=O) groups excluding carboxylic acids is 2. The van der Waals surface area contributed by atoms with E-state index < -0.39 is 17.6 Å². The highest BCUT2D eigenvalue weighted by atomic mass is 16.5. The number of ether oxygens (including phenoxy) is 1. The zero-order valence-corrected chi connectivity index (χ0v) is 17.2. The van der Waals surface area contributed by atoms with Crippen molar-refractivity contribution in [3.05, 3.63) is 120 Å². The molecule has 0 fully saturated rings. The Kier molecular flexibility index (Phi) is 7.35. The van der Waals surface area contributed by atoms with Gasteiger partial charge in [0.1, 0.15) is 18.2 Å². The maximum Gasteiger partial charge on any atom is 0.323 e. The molecule has 3 aromatic rings. The summed E-state index contributed by atoms with van der Waals surface area (Å²) in [6.45, 7) is 3.56. The van der Waals surface area contributed by atoms with Gasteiger partial charge in [0.25, 0.3) is 0 Å². The summed E-state index contributed by atoms with van der Waals surface area (Å²) in [6.07, 6.45) is 1.25. The van der Waals surface area contributed by atoms with Crippen LogP contribution in [0.15, 0.2) is 104 Å². The molecule has 0 radical (unpaired) electrons. The minimum Gasteiger partial charge on any atom is -0.460 e. The second-order valence-corrected chi connectivity index (χ2v) is 7.13. The minimum atomic E-state index is -1.07. The van der Waals surface area contributed by atoms with Gasteiger partial charge in [-0.05, 0) is 16.7 Å². The first-order valence-electron chi connectivity index (χ1n) is 10.1. The summed E-state index contributed by atoms with van der Waals surface area (Å²) in [5.74, 6) is -1.00. The van der Waals surface area contributed by atoms with E-state index in [2.05, 4.69) is 11.9 Å². The molecule has 3 aromatic carbocycles. The summed E-state index contributed by atoms with van der Waals surface area (Å²) < 4.78 is 4.98. The molecule has 158 valence electrons. The zero-order chi connectivity index (χ0) is 22.1. The van der Waals surface area contributed by atoms with Crippen molar-refractivity contribution in [2.24, 2.45) is 5.73 Å². The zero-order valence-electron chi connectivity index (χ0n) is 17.2. The van der Waals surface area contributed by atoms with E-state index in [1.54, 1.807) is 0 Å². The lowest BCUT2D eigenvalue weighted by molar-refractivity contribution is -0.145. The van der Waals surface area contributed by atoms with E-state index in [1.165, 1.54) is 6.08 Å². The normalized spacial score (nSPS) is 11.9. The number of hydrogen-bond donors (Lipinski definition) is 2. The summed E-state index contributed by atoms with van der Waals surface area (Å²) in [6, 6.07) is 28.1. The highest BCUT2D eigenvalue weighted by molar-refractivity contribution is 5.86. The predicted molar refractivity (Wildman–Crippen MR) is 121 cm³/mol. The molecule has 5 nitrogen and oxygen atoms in total. The van der Waals surface area contributed by atoms with Crippen LogP contribution in [0.25, 0.3) is 0 Å². The third-order valence-corrected chi connectivity index (χ3v) is 5.00. The van der Waals surface area contributed by atoms with Gasteiger partial charge in [0.05, 0.1) is 6.42 Å². The molecule has 0 aromatic heterocycles. The van der Waals surface area contributed by atoms with Crippen LogP contribution in [0.3, 0.4) is 0 Å². The molecule has 3 N–H and O–H groups in total. The van der Waals surface area contributed by atoms with Crippen LogP contribution in [0.5, 0.6) is 0 Å². The fourth-order valence-corrected chi connectivity index (χ4v) is 3.57. The molecule has 0 bridgehead atoms. The van der Waals surface area contributed by atoms with E-state index in [9.17, 15) is 9.59 Å². The lowest BCUT2D eigenvalue weighted by atomic mass is 9.77. The van der Waals surface area contributed by atoms with Crippen LogP contribution in [0.1, 0.15) is 23.1 Å². The lowest BCUT2D eigenvalue weighted by Crippen LogP contribution is -2.50.